The van der Waals surface area contributed by atoms with Gasteiger partial charge in [0.1, 0.15) is 5.82 Å². The first-order valence-electron chi connectivity index (χ1n) is 6.01. The van der Waals surface area contributed by atoms with E-state index in [4.69, 9.17) is 5.84 Å². The average Bonchev–Trinajstić information content (AvgIpc) is 2.37. The van der Waals surface area contributed by atoms with E-state index in [1.54, 1.807) is 6.07 Å². The molecule has 0 aliphatic heterocycles. The number of nitrogens with two attached hydrogens (primary N) is 1. The lowest BCUT2D eigenvalue weighted by Gasteiger charge is -2.20. The highest BCUT2D eigenvalue weighted by molar-refractivity contribution is 9.10. The molecule has 0 radical (unpaired) electrons. The molecular formula is C15H16BrFN2. The van der Waals surface area contributed by atoms with Crippen LogP contribution in [-0.2, 0) is 0 Å². The predicted molar refractivity (Wildman–Crippen MR) is 79.2 cm³/mol. The van der Waals surface area contributed by atoms with Crippen molar-refractivity contribution in [1.82, 2.24) is 5.43 Å². The van der Waals surface area contributed by atoms with Crippen molar-refractivity contribution in [2.75, 3.05) is 0 Å². The van der Waals surface area contributed by atoms with Gasteiger partial charge in [-0.2, -0.15) is 0 Å². The summed E-state index contributed by atoms with van der Waals surface area (Å²) in [6.45, 7) is 4.08. The Balaban J connectivity index is 2.53. The monoisotopic (exact) mass is 322 g/mol. The molecule has 0 aliphatic carbocycles. The molecule has 0 fully saturated rings. The minimum absolute atomic E-state index is 0.282. The van der Waals surface area contributed by atoms with Crippen LogP contribution >= 0.6 is 15.9 Å². The van der Waals surface area contributed by atoms with Crippen molar-refractivity contribution < 1.29 is 4.39 Å². The Bertz CT molecular complexity index is 578. The molecule has 1 atom stereocenters. The first kappa shape index (κ1) is 14.2. The summed E-state index contributed by atoms with van der Waals surface area (Å²) in [4.78, 5) is 0. The van der Waals surface area contributed by atoms with Crippen LogP contribution in [0.15, 0.2) is 40.9 Å². The van der Waals surface area contributed by atoms with Gasteiger partial charge in [-0.05, 0) is 42.7 Å². The van der Waals surface area contributed by atoms with Crippen molar-refractivity contribution in [2.45, 2.75) is 19.9 Å². The van der Waals surface area contributed by atoms with E-state index in [1.165, 1.54) is 11.6 Å². The van der Waals surface area contributed by atoms with Gasteiger partial charge in [0.05, 0.1) is 6.04 Å². The van der Waals surface area contributed by atoms with Crippen LogP contribution < -0.4 is 11.3 Å². The quantitative estimate of drug-likeness (QED) is 0.667. The number of rotatable bonds is 3. The fraction of sp³-hybridized carbons (Fsp3) is 0.200. The highest BCUT2D eigenvalue weighted by atomic mass is 79.9. The summed E-state index contributed by atoms with van der Waals surface area (Å²) >= 11 is 3.38. The van der Waals surface area contributed by atoms with Crippen LogP contribution in [-0.4, -0.2) is 0 Å². The van der Waals surface area contributed by atoms with Gasteiger partial charge in [0.2, 0.25) is 0 Å². The second-order valence-corrected chi connectivity index (χ2v) is 5.43. The van der Waals surface area contributed by atoms with Crippen molar-refractivity contribution in [3.05, 3.63) is 68.9 Å². The third-order valence-electron chi connectivity index (χ3n) is 3.32. The van der Waals surface area contributed by atoms with Crippen LogP contribution in [0.1, 0.15) is 28.3 Å². The number of benzene rings is 2. The lowest BCUT2D eigenvalue weighted by Crippen LogP contribution is -2.30. The average molecular weight is 323 g/mol. The highest BCUT2D eigenvalue weighted by Crippen LogP contribution is 2.31. The molecule has 100 valence electrons. The summed E-state index contributed by atoms with van der Waals surface area (Å²) in [5.74, 6) is 5.34. The molecule has 0 saturated heterocycles. The third-order valence-corrected chi connectivity index (χ3v) is 4.01. The number of hydrogen-bond acceptors (Lipinski definition) is 2. The topological polar surface area (TPSA) is 38.0 Å². The molecule has 2 nitrogen and oxygen atoms in total. The Kier molecular flexibility index (Phi) is 4.34. The van der Waals surface area contributed by atoms with Gasteiger partial charge < -0.3 is 0 Å². The molecule has 0 amide bonds. The standard InChI is InChI=1S/C15H16BrFN2/c1-9-6-7-11(8-10(9)2)15(19-18)14-12(16)4-3-5-13(14)17/h3-8,15,19H,18H2,1-2H3. The molecule has 2 rings (SSSR count). The number of nitrogens with one attached hydrogen (secondary N) is 1. The maximum Gasteiger partial charge on any atom is 0.129 e. The third kappa shape index (κ3) is 2.86. The maximum atomic E-state index is 14.0. The van der Waals surface area contributed by atoms with E-state index in [9.17, 15) is 4.39 Å². The number of aryl methyl sites for hydroxylation is 2. The normalized spacial score (nSPS) is 12.5. The van der Waals surface area contributed by atoms with E-state index in [1.807, 2.05) is 38.1 Å². The van der Waals surface area contributed by atoms with Crippen molar-refractivity contribution in [2.24, 2.45) is 5.84 Å². The first-order valence-corrected chi connectivity index (χ1v) is 6.81. The van der Waals surface area contributed by atoms with Crippen LogP contribution in [0.25, 0.3) is 0 Å². The molecule has 19 heavy (non-hydrogen) atoms. The molecule has 1 unspecified atom stereocenters. The molecule has 0 spiro atoms. The zero-order chi connectivity index (χ0) is 14.0. The first-order chi connectivity index (χ1) is 9.04. The largest absolute Gasteiger partial charge is 0.271 e. The summed E-state index contributed by atoms with van der Waals surface area (Å²) < 4.78 is 14.7. The molecule has 0 heterocycles. The van der Waals surface area contributed by atoms with E-state index in [-0.39, 0.29) is 11.9 Å². The Morgan fingerprint density at radius 3 is 2.47 bits per heavy atom. The van der Waals surface area contributed by atoms with E-state index >= 15 is 0 Å². The zero-order valence-electron chi connectivity index (χ0n) is 10.9. The van der Waals surface area contributed by atoms with Crippen molar-refractivity contribution >= 4 is 15.9 Å². The van der Waals surface area contributed by atoms with E-state index in [0.717, 1.165) is 11.1 Å². The van der Waals surface area contributed by atoms with Crippen molar-refractivity contribution in [1.29, 1.82) is 0 Å². The van der Waals surface area contributed by atoms with Crippen molar-refractivity contribution in [3.63, 3.8) is 0 Å². The molecule has 2 aromatic carbocycles. The molecule has 0 aliphatic rings. The summed E-state index contributed by atoms with van der Waals surface area (Å²) in [6, 6.07) is 10.5. The summed E-state index contributed by atoms with van der Waals surface area (Å²) in [5.41, 5.74) is 6.51. The Morgan fingerprint density at radius 2 is 1.89 bits per heavy atom. The molecule has 0 bridgehead atoms. The zero-order valence-corrected chi connectivity index (χ0v) is 12.5. The van der Waals surface area contributed by atoms with Gasteiger partial charge in [-0.25, -0.2) is 9.82 Å². The predicted octanol–water partition coefficient (Wildman–Crippen LogP) is 3.76. The van der Waals surface area contributed by atoms with Crippen LogP contribution in [0.5, 0.6) is 0 Å². The second-order valence-electron chi connectivity index (χ2n) is 4.58. The number of halogens is 2. The Hall–Kier alpha value is -1.23. The summed E-state index contributed by atoms with van der Waals surface area (Å²) in [7, 11) is 0. The van der Waals surface area contributed by atoms with Gasteiger partial charge in [-0.3, -0.25) is 5.84 Å². The van der Waals surface area contributed by atoms with Gasteiger partial charge in [0.15, 0.2) is 0 Å². The minimum Gasteiger partial charge on any atom is -0.271 e. The Morgan fingerprint density at radius 1 is 1.16 bits per heavy atom. The SMILES string of the molecule is Cc1ccc(C(NN)c2c(F)cccc2Br)cc1C. The van der Waals surface area contributed by atoms with E-state index in [2.05, 4.69) is 21.4 Å². The fourth-order valence-electron chi connectivity index (χ4n) is 2.08. The smallest absolute Gasteiger partial charge is 0.129 e. The highest BCUT2D eigenvalue weighted by Gasteiger charge is 2.19. The Labute approximate surface area is 120 Å². The number of hydrogen-bond donors (Lipinski definition) is 2. The van der Waals surface area contributed by atoms with Crippen LogP contribution in [0.4, 0.5) is 4.39 Å². The lowest BCUT2D eigenvalue weighted by atomic mass is 9.96. The number of hydrazine groups is 1. The lowest BCUT2D eigenvalue weighted by molar-refractivity contribution is 0.557. The molecule has 0 saturated carbocycles. The van der Waals surface area contributed by atoms with Gasteiger partial charge >= 0.3 is 0 Å². The molecule has 3 N–H and O–H groups in total. The second kappa shape index (κ2) is 5.82. The maximum absolute atomic E-state index is 14.0. The fourth-order valence-corrected chi connectivity index (χ4v) is 2.65. The molecular weight excluding hydrogens is 307 g/mol. The van der Waals surface area contributed by atoms with Crippen molar-refractivity contribution in [3.8, 4) is 0 Å². The summed E-state index contributed by atoms with van der Waals surface area (Å²) in [5, 5.41) is 0. The van der Waals surface area contributed by atoms with Gasteiger partial charge in [-0.1, -0.05) is 40.2 Å². The molecule has 2 aromatic rings. The van der Waals surface area contributed by atoms with Crippen LogP contribution in [0, 0.1) is 19.7 Å². The van der Waals surface area contributed by atoms with Crippen LogP contribution in [0.2, 0.25) is 0 Å². The van der Waals surface area contributed by atoms with Crippen LogP contribution in [0.3, 0.4) is 0 Å². The van der Waals surface area contributed by atoms with E-state index < -0.39 is 0 Å². The van der Waals surface area contributed by atoms with Gasteiger partial charge in [0.25, 0.3) is 0 Å². The molecule has 0 aromatic heterocycles. The van der Waals surface area contributed by atoms with E-state index in [0.29, 0.717) is 10.0 Å². The summed E-state index contributed by atoms with van der Waals surface area (Å²) in [6.07, 6.45) is 0. The molecule has 4 heteroatoms. The van der Waals surface area contributed by atoms with Gasteiger partial charge in [0, 0.05) is 10.0 Å². The minimum atomic E-state index is -0.380. The van der Waals surface area contributed by atoms with Gasteiger partial charge in [-0.15, -0.1) is 0 Å².